The number of aliphatic hydroxyl groups excluding tert-OH is 1. The Hall–Kier alpha value is -3.39. The van der Waals surface area contributed by atoms with Gasteiger partial charge in [0.15, 0.2) is 5.65 Å². The van der Waals surface area contributed by atoms with Crippen LogP contribution in [-0.2, 0) is 6.54 Å². The largest absolute Gasteiger partial charge is 0.464 e. The second-order valence-electron chi connectivity index (χ2n) is 7.04. The average molecular weight is 423 g/mol. The van der Waals surface area contributed by atoms with Crippen molar-refractivity contribution in [3.8, 4) is 11.3 Å². The van der Waals surface area contributed by atoms with Gasteiger partial charge in [-0.25, -0.2) is 0 Å². The molecular weight excluding hydrogens is 392 g/mol. The van der Waals surface area contributed by atoms with Crippen molar-refractivity contribution in [2.24, 2.45) is 0 Å². The van der Waals surface area contributed by atoms with Gasteiger partial charge >= 0.3 is 0 Å². The molecule has 0 radical (unpaired) electrons. The van der Waals surface area contributed by atoms with Gasteiger partial charge in [0.1, 0.15) is 5.76 Å². The average Bonchev–Trinajstić information content (AvgIpc) is 3.48. The molecule has 0 saturated carbocycles. The van der Waals surface area contributed by atoms with Gasteiger partial charge in [0, 0.05) is 24.2 Å². The molecule has 4 rings (SSSR count). The van der Waals surface area contributed by atoms with E-state index in [0.29, 0.717) is 25.0 Å². The van der Waals surface area contributed by atoms with E-state index in [2.05, 4.69) is 51.7 Å². The van der Waals surface area contributed by atoms with Crippen molar-refractivity contribution >= 4 is 17.5 Å². The molecule has 3 aromatic heterocycles. The molecule has 164 valence electrons. The lowest BCUT2D eigenvalue weighted by atomic mass is 10.1. The minimum Gasteiger partial charge on any atom is -0.464 e. The molecule has 0 bridgehead atoms. The van der Waals surface area contributed by atoms with Gasteiger partial charge in [0.05, 0.1) is 19.1 Å². The van der Waals surface area contributed by atoms with Crippen LogP contribution >= 0.6 is 0 Å². The number of fused-ring (bicyclic) bond motifs is 1. The fourth-order valence-electron chi connectivity index (χ4n) is 3.07. The van der Waals surface area contributed by atoms with Crippen LogP contribution in [0.1, 0.15) is 44.7 Å². The molecule has 0 aliphatic rings. The van der Waals surface area contributed by atoms with Crippen LogP contribution in [0.4, 0.5) is 11.9 Å². The summed E-state index contributed by atoms with van der Waals surface area (Å²) in [6.07, 6.45) is 3.50. The summed E-state index contributed by atoms with van der Waals surface area (Å²) < 4.78 is 7.15. The van der Waals surface area contributed by atoms with Crippen molar-refractivity contribution in [2.45, 2.75) is 40.2 Å². The Bertz CT molecular complexity index is 1070. The second-order valence-corrected chi connectivity index (χ2v) is 7.04. The van der Waals surface area contributed by atoms with Crippen LogP contribution < -0.4 is 10.6 Å². The lowest BCUT2D eigenvalue weighted by Gasteiger charge is -2.11. The van der Waals surface area contributed by atoms with Gasteiger partial charge in [-0.2, -0.15) is 19.6 Å². The molecule has 0 amide bonds. The molecule has 0 unspecified atom stereocenters. The number of anilines is 2. The Morgan fingerprint density at radius 3 is 2.48 bits per heavy atom. The van der Waals surface area contributed by atoms with Gasteiger partial charge in [-0.05, 0) is 23.6 Å². The van der Waals surface area contributed by atoms with Crippen LogP contribution in [-0.4, -0.2) is 37.8 Å². The highest BCUT2D eigenvalue weighted by molar-refractivity contribution is 5.58. The third kappa shape index (κ3) is 5.21. The minimum atomic E-state index is 0.00954. The van der Waals surface area contributed by atoms with Gasteiger partial charge in [-0.1, -0.05) is 52.0 Å². The maximum atomic E-state index is 9.10. The fourth-order valence-corrected chi connectivity index (χ4v) is 3.07. The molecule has 0 fully saturated rings. The topological polar surface area (TPSA) is 101 Å². The number of nitrogens with zero attached hydrogens (tertiary/aromatic N) is 4. The first-order chi connectivity index (χ1) is 15.2. The fraction of sp³-hybridized carbons (Fsp3) is 0.348. The Morgan fingerprint density at radius 2 is 1.84 bits per heavy atom. The van der Waals surface area contributed by atoms with Gasteiger partial charge in [-0.3, -0.25) is 0 Å². The summed E-state index contributed by atoms with van der Waals surface area (Å²) in [7, 11) is 0. The van der Waals surface area contributed by atoms with E-state index in [1.807, 2.05) is 44.3 Å². The van der Waals surface area contributed by atoms with Crippen molar-refractivity contribution in [1.29, 1.82) is 0 Å². The quantitative estimate of drug-likeness (QED) is 0.383. The first-order valence-electron chi connectivity index (χ1n) is 10.6. The maximum absolute atomic E-state index is 9.10. The van der Waals surface area contributed by atoms with Crippen molar-refractivity contribution < 1.29 is 9.52 Å². The van der Waals surface area contributed by atoms with E-state index in [-0.39, 0.29) is 12.5 Å². The minimum absolute atomic E-state index is 0.00954. The summed E-state index contributed by atoms with van der Waals surface area (Å²) in [5.74, 6) is 2.19. The first kappa shape index (κ1) is 22.3. The summed E-state index contributed by atoms with van der Waals surface area (Å²) >= 11 is 0. The van der Waals surface area contributed by atoms with Crippen LogP contribution in [0.2, 0.25) is 0 Å². The molecule has 3 N–H and O–H groups in total. The molecule has 31 heavy (non-hydrogen) atoms. The lowest BCUT2D eigenvalue weighted by molar-refractivity contribution is 0.311. The van der Waals surface area contributed by atoms with Crippen LogP contribution in [0, 0.1) is 0 Å². The maximum Gasteiger partial charge on any atom is 0.229 e. The number of aliphatic hydroxyl groups is 1. The molecule has 0 atom stereocenters. The van der Waals surface area contributed by atoms with E-state index in [0.717, 1.165) is 28.1 Å². The zero-order valence-electron chi connectivity index (χ0n) is 18.5. The van der Waals surface area contributed by atoms with Gasteiger partial charge in [0.25, 0.3) is 0 Å². The third-order valence-electron chi connectivity index (χ3n) is 4.62. The third-order valence-corrected chi connectivity index (χ3v) is 4.62. The predicted octanol–water partition coefficient (Wildman–Crippen LogP) is 4.55. The Balaban J connectivity index is 0.00000132. The summed E-state index contributed by atoms with van der Waals surface area (Å²) in [5.41, 5.74) is 3.94. The molecule has 0 spiro atoms. The SMILES string of the molecule is CC.CC(C)c1cnn2c(NCc3ccc(-c4ccco4)cc3)nc(NCCO)nc12. The first-order valence-corrected chi connectivity index (χ1v) is 10.6. The van der Waals surface area contributed by atoms with Crippen LogP contribution in [0.15, 0.2) is 53.3 Å². The Kier molecular flexibility index (Phi) is 7.61. The summed E-state index contributed by atoms with van der Waals surface area (Å²) in [5, 5.41) is 20.0. The second kappa shape index (κ2) is 10.6. The van der Waals surface area contributed by atoms with E-state index < -0.39 is 0 Å². The molecule has 0 aliphatic heterocycles. The molecular formula is C23H30N6O2. The van der Waals surface area contributed by atoms with E-state index in [1.54, 1.807) is 10.8 Å². The normalized spacial score (nSPS) is 10.8. The highest BCUT2D eigenvalue weighted by atomic mass is 16.3. The van der Waals surface area contributed by atoms with E-state index in [1.165, 1.54) is 0 Å². The number of hydrogen-bond donors (Lipinski definition) is 3. The summed E-state index contributed by atoms with van der Waals surface area (Å²) in [4.78, 5) is 9.09. The van der Waals surface area contributed by atoms with Crippen molar-refractivity contribution in [2.75, 3.05) is 23.8 Å². The highest BCUT2D eigenvalue weighted by Gasteiger charge is 2.15. The Labute approximate surface area is 182 Å². The zero-order chi connectivity index (χ0) is 22.2. The smallest absolute Gasteiger partial charge is 0.229 e. The van der Waals surface area contributed by atoms with Crippen LogP contribution in [0.5, 0.6) is 0 Å². The van der Waals surface area contributed by atoms with Crippen LogP contribution in [0.25, 0.3) is 17.0 Å². The van der Waals surface area contributed by atoms with Gasteiger partial charge in [-0.15, -0.1) is 0 Å². The van der Waals surface area contributed by atoms with Crippen molar-refractivity contribution in [1.82, 2.24) is 19.6 Å². The number of benzene rings is 1. The molecule has 4 aromatic rings. The van der Waals surface area contributed by atoms with Crippen molar-refractivity contribution in [3.05, 3.63) is 60.0 Å². The number of furan rings is 1. The number of rotatable bonds is 8. The van der Waals surface area contributed by atoms with Crippen LogP contribution in [0.3, 0.4) is 0 Å². The standard InChI is InChI=1S/C21H24N6O2.C2H6/c1-14(2)17-13-24-27-19(17)25-20(22-9-10-28)26-21(27)23-12-15-5-7-16(8-6-15)18-4-3-11-29-18;1-2/h3-8,11,13-14,28H,9-10,12H2,1-2H3,(H2,22,23,25,26);1-2H3. The van der Waals surface area contributed by atoms with E-state index in [9.17, 15) is 0 Å². The monoisotopic (exact) mass is 422 g/mol. The zero-order valence-corrected chi connectivity index (χ0v) is 18.5. The molecule has 3 heterocycles. The molecule has 8 heteroatoms. The predicted molar refractivity (Wildman–Crippen MR) is 123 cm³/mol. The molecule has 0 saturated heterocycles. The van der Waals surface area contributed by atoms with Gasteiger partial charge < -0.3 is 20.2 Å². The van der Waals surface area contributed by atoms with E-state index in [4.69, 9.17) is 9.52 Å². The van der Waals surface area contributed by atoms with Crippen molar-refractivity contribution in [3.63, 3.8) is 0 Å². The highest BCUT2D eigenvalue weighted by Crippen LogP contribution is 2.23. The number of nitrogens with one attached hydrogen (secondary N) is 2. The number of hydrogen-bond acceptors (Lipinski definition) is 7. The molecule has 0 aliphatic carbocycles. The summed E-state index contributed by atoms with van der Waals surface area (Å²) in [6.45, 7) is 9.19. The molecule has 1 aromatic carbocycles. The van der Waals surface area contributed by atoms with Gasteiger partial charge in [0.2, 0.25) is 11.9 Å². The molecule has 8 nitrogen and oxygen atoms in total. The Morgan fingerprint density at radius 1 is 1.06 bits per heavy atom. The number of aromatic nitrogens is 4. The lowest BCUT2D eigenvalue weighted by Crippen LogP contribution is -2.14. The summed E-state index contributed by atoms with van der Waals surface area (Å²) in [6, 6.07) is 12.0. The van der Waals surface area contributed by atoms with E-state index >= 15 is 0 Å².